The van der Waals surface area contributed by atoms with Crippen molar-refractivity contribution in [3.05, 3.63) is 86.1 Å². The molecule has 0 saturated heterocycles. The fraction of sp³-hybridized carbons (Fsp3) is 0.143. The number of hydrazone groups is 1. The zero-order valence-corrected chi connectivity index (χ0v) is 17.2. The Morgan fingerprint density at radius 3 is 2.73 bits per heavy atom. The van der Waals surface area contributed by atoms with Crippen LogP contribution in [0.3, 0.4) is 0 Å². The van der Waals surface area contributed by atoms with Crippen LogP contribution in [0.5, 0.6) is 5.75 Å². The lowest BCUT2D eigenvalue weighted by Gasteiger charge is -2.12. The number of alkyl halides is 3. The zero-order valence-electron chi connectivity index (χ0n) is 15.7. The van der Waals surface area contributed by atoms with Gasteiger partial charge in [-0.15, -0.1) is 11.3 Å². The van der Waals surface area contributed by atoms with Gasteiger partial charge in [0, 0.05) is 20.8 Å². The van der Waals surface area contributed by atoms with Crippen molar-refractivity contribution < 1.29 is 22.7 Å². The van der Waals surface area contributed by atoms with Crippen molar-refractivity contribution in [2.24, 2.45) is 5.10 Å². The van der Waals surface area contributed by atoms with Gasteiger partial charge < -0.3 is 4.74 Å². The van der Waals surface area contributed by atoms with Crippen LogP contribution in [0.1, 0.15) is 31.9 Å². The normalized spacial score (nSPS) is 11.6. The van der Waals surface area contributed by atoms with Crippen LogP contribution in [-0.2, 0) is 12.8 Å². The number of benzene rings is 2. The fourth-order valence-electron chi connectivity index (χ4n) is 2.54. The van der Waals surface area contributed by atoms with Gasteiger partial charge in [-0.25, -0.2) is 5.43 Å². The topological polar surface area (TPSA) is 50.7 Å². The van der Waals surface area contributed by atoms with Crippen LogP contribution in [0.25, 0.3) is 0 Å². The zero-order chi connectivity index (χ0) is 21.7. The lowest BCUT2D eigenvalue weighted by atomic mass is 10.1. The van der Waals surface area contributed by atoms with Crippen molar-refractivity contribution in [2.45, 2.75) is 19.7 Å². The molecule has 0 spiro atoms. The van der Waals surface area contributed by atoms with Crippen molar-refractivity contribution in [3.8, 4) is 5.75 Å². The molecule has 0 unspecified atom stereocenters. The van der Waals surface area contributed by atoms with Crippen molar-refractivity contribution >= 4 is 35.1 Å². The Hall–Kier alpha value is -2.84. The maximum absolute atomic E-state index is 12.9. The molecule has 1 aromatic heterocycles. The number of nitrogens with zero attached hydrogens (tertiary/aromatic N) is 1. The predicted octanol–water partition coefficient (Wildman–Crippen LogP) is 6.07. The monoisotopic (exact) mass is 452 g/mol. The Bertz CT molecular complexity index is 1080. The quantitative estimate of drug-likeness (QED) is 0.364. The highest BCUT2D eigenvalue weighted by molar-refractivity contribution is 7.10. The first-order chi connectivity index (χ1) is 14.2. The lowest BCUT2D eigenvalue weighted by Crippen LogP contribution is -2.16. The fourth-order valence-corrected chi connectivity index (χ4v) is 3.40. The van der Waals surface area contributed by atoms with Crippen LogP contribution in [0, 0.1) is 6.92 Å². The number of halogens is 4. The minimum Gasteiger partial charge on any atom is -0.488 e. The molecule has 0 aliphatic carbocycles. The Kier molecular flexibility index (Phi) is 6.79. The van der Waals surface area contributed by atoms with Crippen LogP contribution in [0.15, 0.2) is 59.0 Å². The van der Waals surface area contributed by atoms with Gasteiger partial charge in [0.25, 0.3) is 5.91 Å². The molecule has 1 N–H and O–H groups in total. The largest absolute Gasteiger partial charge is 0.488 e. The van der Waals surface area contributed by atoms with Crippen molar-refractivity contribution in [2.75, 3.05) is 0 Å². The van der Waals surface area contributed by atoms with E-state index in [-0.39, 0.29) is 12.5 Å². The van der Waals surface area contributed by atoms with Gasteiger partial charge >= 0.3 is 6.18 Å². The van der Waals surface area contributed by atoms with Gasteiger partial charge in [0.1, 0.15) is 12.4 Å². The van der Waals surface area contributed by atoms with E-state index >= 15 is 0 Å². The Morgan fingerprint density at radius 1 is 1.23 bits per heavy atom. The highest BCUT2D eigenvalue weighted by Crippen LogP contribution is 2.30. The summed E-state index contributed by atoms with van der Waals surface area (Å²) in [5.41, 5.74) is 3.01. The number of nitrogens with one attached hydrogen (secondary N) is 1. The Labute approximate surface area is 180 Å². The standard InChI is InChI=1S/C21H16ClF3N2O2S/c1-13-7-16(12-30-13)20(28)27-26-10-15-9-18(22)5-6-19(15)29-11-14-3-2-4-17(8-14)21(23,24)25/h2-10,12H,11H2,1H3,(H,27,28)/b26-10+. The van der Waals surface area contributed by atoms with E-state index < -0.39 is 11.7 Å². The number of thiophene rings is 1. The number of ether oxygens (including phenoxy) is 1. The van der Waals surface area contributed by atoms with Crippen LogP contribution in [0.4, 0.5) is 13.2 Å². The van der Waals surface area contributed by atoms with Gasteiger partial charge in [0.2, 0.25) is 0 Å². The highest BCUT2D eigenvalue weighted by atomic mass is 35.5. The molecule has 0 aliphatic heterocycles. The van der Waals surface area contributed by atoms with Gasteiger partial charge in [0.05, 0.1) is 17.3 Å². The maximum atomic E-state index is 12.9. The molecule has 156 valence electrons. The molecule has 3 aromatic rings. The van der Waals surface area contributed by atoms with Gasteiger partial charge in [0.15, 0.2) is 0 Å². The van der Waals surface area contributed by atoms with Gasteiger partial charge in [-0.2, -0.15) is 18.3 Å². The van der Waals surface area contributed by atoms with Crippen molar-refractivity contribution in [1.82, 2.24) is 5.43 Å². The van der Waals surface area contributed by atoms with E-state index in [2.05, 4.69) is 10.5 Å². The van der Waals surface area contributed by atoms with E-state index in [9.17, 15) is 18.0 Å². The maximum Gasteiger partial charge on any atom is 0.416 e. The van der Waals surface area contributed by atoms with Crippen LogP contribution in [-0.4, -0.2) is 12.1 Å². The van der Waals surface area contributed by atoms with E-state index in [1.165, 1.54) is 23.6 Å². The van der Waals surface area contributed by atoms with E-state index in [0.717, 1.165) is 17.0 Å². The van der Waals surface area contributed by atoms with Crippen molar-refractivity contribution in [1.29, 1.82) is 0 Å². The summed E-state index contributed by atoms with van der Waals surface area (Å²) in [5.74, 6) is 0.00486. The first kappa shape index (κ1) is 21.9. The van der Waals surface area contributed by atoms with Crippen LogP contribution < -0.4 is 10.2 Å². The molecule has 0 bridgehead atoms. The third kappa shape index (κ3) is 5.84. The second-order valence-corrected chi connectivity index (χ2v) is 7.87. The minimum absolute atomic E-state index is 0.0765. The average Bonchev–Trinajstić information content (AvgIpc) is 3.13. The molecule has 9 heteroatoms. The molecule has 0 atom stereocenters. The molecule has 3 rings (SSSR count). The first-order valence-electron chi connectivity index (χ1n) is 8.69. The first-order valence-corrected chi connectivity index (χ1v) is 9.95. The number of amides is 1. The highest BCUT2D eigenvalue weighted by Gasteiger charge is 2.30. The minimum atomic E-state index is -4.42. The number of carbonyl (C=O) groups is 1. The van der Waals surface area contributed by atoms with Gasteiger partial charge in [-0.05, 0) is 48.9 Å². The summed E-state index contributed by atoms with van der Waals surface area (Å²) in [4.78, 5) is 13.1. The SMILES string of the molecule is Cc1cc(C(=O)N/N=C/c2cc(Cl)ccc2OCc2cccc(C(F)(F)F)c2)cs1. The molecular formula is C21H16ClF3N2O2S. The number of hydrogen-bond acceptors (Lipinski definition) is 4. The third-order valence-electron chi connectivity index (χ3n) is 3.98. The van der Waals surface area contributed by atoms with Crippen LogP contribution in [0.2, 0.25) is 5.02 Å². The van der Waals surface area contributed by atoms with E-state index in [1.54, 1.807) is 35.7 Å². The number of hydrogen-bond donors (Lipinski definition) is 1. The summed E-state index contributed by atoms with van der Waals surface area (Å²) in [7, 11) is 0. The summed E-state index contributed by atoms with van der Waals surface area (Å²) in [5, 5.41) is 6.07. The number of carbonyl (C=O) groups excluding carboxylic acids is 1. The molecule has 0 radical (unpaired) electrons. The van der Waals surface area contributed by atoms with E-state index in [1.807, 2.05) is 6.92 Å². The Morgan fingerprint density at radius 2 is 2.03 bits per heavy atom. The Balaban J connectivity index is 1.70. The van der Waals surface area contributed by atoms with E-state index in [4.69, 9.17) is 16.3 Å². The predicted molar refractivity (Wildman–Crippen MR) is 111 cm³/mol. The molecule has 30 heavy (non-hydrogen) atoms. The molecule has 0 fully saturated rings. The summed E-state index contributed by atoms with van der Waals surface area (Å²) in [6, 6.07) is 11.4. The van der Waals surface area contributed by atoms with Crippen molar-refractivity contribution in [3.63, 3.8) is 0 Å². The van der Waals surface area contributed by atoms with Crippen LogP contribution >= 0.6 is 22.9 Å². The summed E-state index contributed by atoms with van der Waals surface area (Å²) < 4.78 is 44.2. The summed E-state index contributed by atoms with van der Waals surface area (Å²) in [6.45, 7) is 1.82. The van der Waals surface area contributed by atoms with E-state index in [0.29, 0.717) is 27.5 Å². The number of aryl methyl sites for hydroxylation is 1. The molecule has 1 amide bonds. The lowest BCUT2D eigenvalue weighted by molar-refractivity contribution is -0.137. The van der Waals surface area contributed by atoms with Gasteiger partial charge in [-0.3, -0.25) is 4.79 Å². The molecule has 0 aliphatic rings. The molecule has 2 aromatic carbocycles. The summed E-state index contributed by atoms with van der Waals surface area (Å²) >= 11 is 7.47. The van der Waals surface area contributed by atoms with Gasteiger partial charge in [-0.1, -0.05) is 23.7 Å². The summed E-state index contributed by atoms with van der Waals surface area (Å²) in [6.07, 6.45) is -3.06. The second kappa shape index (κ2) is 9.32. The number of rotatable bonds is 6. The molecule has 0 saturated carbocycles. The molecular weight excluding hydrogens is 437 g/mol. The molecule has 1 heterocycles. The molecule has 4 nitrogen and oxygen atoms in total. The third-order valence-corrected chi connectivity index (χ3v) is 5.08. The smallest absolute Gasteiger partial charge is 0.416 e. The average molecular weight is 453 g/mol. The second-order valence-electron chi connectivity index (χ2n) is 6.31.